The third-order valence-corrected chi connectivity index (χ3v) is 4.19. The van der Waals surface area contributed by atoms with Gasteiger partial charge in [0.1, 0.15) is 24.1 Å². The van der Waals surface area contributed by atoms with E-state index in [0.29, 0.717) is 17.4 Å². The van der Waals surface area contributed by atoms with Crippen LogP contribution >= 0.6 is 0 Å². The molecule has 8 nitrogen and oxygen atoms in total. The number of aliphatic carboxylic acids is 1. The largest absolute Gasteiger partial charge is 0.479 e. The van der Waals surface area contributed by atoms with Gasteiger partial charge in [0.2, 0.25) is 6.29 Å². The minimum atomic E-state index is -1.75. The maximum absolute atomic E-state index is 11.2. The fourth-order valence-electron chi connectivity index (χ4n) is 2.98. The average Bonchev–Trinajstić information content (AvgIpc) is 2.56. The highest BCUT2D eigenvalue weighted by Crippen LogP contribution is 2.31. The number of rotatable bonds is 7. The van der Waals surface area contributed by atoms with Crippen LogP contribution in [-0.4, -0.2) is 63.1 Å². The van der Waals surface area contributed by atoms with Crippen LogP contribution < -0.4 is 10.1 Å². The summed E-state index contributed by atoms with van der Waals surface area (Å²) in [6.07, 6.45) is -7.31. The summed E-state index contributed by atoms with van der Waals surface area (Å²) in [5.41, 5.74) is 1.77. The van der Waals surface area contributed by atoms with Gasteiger partial charge in [-0.05, 0) is 43.9 Å². The average molecular weight is 383 g/mol. The van der Waals surface area contributed by atoms with Gasteiger partial charge in [-0.2, -0.15) is 0 Å². The Labute approximate surface area is 158 Å². The smallest absolute Gasteiger partial charge is 0.335 e. The van der Waals surface area contributed by atoms with E-state index >= 15 is 0 Å². The SMILES string of the molecule is CC(C)Cc1ccc(O[C@@H]2O[C@H](C(=O)O)[C@@H](O)[C@H](O)[C@H]2O)c(NC(C)C)c1. The summed E-state index contributed by atoms with van der Waals surface area (Å²) >= 11 is 0. The number of nitrogens with one attached hydrogen (secondary N) is 1. The number of hydrogen-bond donors (Lipinski definition) is 5. The Morgan fingerprint density at radius 2 is 1.81 bits per heavy atom. The number of carbonyl (C=O) groups is 1. The molecular weight excluding hydrogens is 354 g/mol. The standard InChI is InChI=1S/C19H29NO7/c1-9(2)7-11-5-6-13(12(8-11)20-10(3)4)26-19-16(23)14(21)15(22)17(27-19)18(24)25/h5-6,8-10,14-17,19-23H,7H2,1-4H3,(H,24,25)/t14-,15-,16+,17-,19+/m0/s1. The van der Waals surface area contributed by atoms with E-state index in [-0.39, 0.29) is 6.04 Å². The van der Waals surface area contributed by atoms with Gasteiger partial charge in [0.05, 0.1) is 5.69 Å². The molecule has 0 radical (unpaired) electrons. The summed E-state index contributed by atoms with van der Waals surface area (Å²) in [6.45, 7) is 8.16. The minimum Gasteiger partial charge on any atom is -0.479 e. The molecule has 1 aromatic rings. The predicted molar refractivity (Wildman–Crippen MR) is 98.7 cm³/mol. The van der Waals surface area contributed by atoms with Crippen LogP contribution in [0.5, 0.6) is 5.75 Å². The predicted octanol–water partition coefficient (Wildman–Crippen LogP) is 0.976. The first-order valence-corrected chi connectivity index (χ1v) is 9.08. The molecule has 2 rings (SSSR count). The molecule has 0 unspecified atom stereocenters. The van der Waals surface area contributed by atoms with Crippen molar-refractivity contribution in [2.24, 2.45) is 5.92 Å². The van der Waals surface area contributed by atoms with Crippen molar-refractivity contribution in [3.05, 3.63) is 23.8 Å². The van der Waals surface area contributed by atoms with Crippen molar-refractivity contribution in [2.45, 2.75) is 70.9 Å². The summed E-state index contributed by atoms with van der Waals surface area (Å²) in [5.74, 6) is -0.622. The summed E-state index contributed by atoms with van der Waals surface area (Å²) < 4.78 is 10.9. The highest BCUT2D eigenvalue weighted by Gasteiger charge is 2.48. The van der Waals surface area contributed by atoms with Crippen LogP contribution in [0.15, 0.2) is 18.2 Å². The number of aliphatic hydroxyl groups is 3. The number of ether oxygens (including phenoxy) is 2. The second-order valence-electron chi connectivity index (χ2n) is 7.58. The Bertz CT molecular complexity index is 649. The molecule has 0 spiro atoms. The number of aliphatic hydroxyl groups excluding tert-OH is 3. The third-order valence-electron chi connectivity index (χ3n) is 4.19. The molecule has 1 aliphatic heterocycles. The second-order valence-corrected chi connectivity index (χ2v) is 7.58. The molecule has 0 saturated carbocycles. The maximum Gasteiger partial charge on any atom is 0.335 e. The van der Waals surface area contributed by atoms with E-state index < -0.39 is 36.7 Å². The van der Waals surface area contributed by atoms with Crippen LogP contribution in [0.1, 0.15) is 33.3 Å². The topological polar surface area (TPSA) is 128 Å². The zero-order valence-corrected chi connectivity index (χ0v) is 16.0. The second kappa shape index (κ2) is 8.88. The molecular formula is C19H29NO7. The van der Waals surface area contributed by atoms with E-state index in [1.165, 1.54) is 0 Å². The molecule has 1 heterocycles. The lowest BCUT2D eigenvalue weighted by atomic mass is 9.99. The number of benzene rings is 1. The minimum absolute atomic E-state index is 0.109. The van der Waals surface area contributed by atoms with Crippen molar-refractivity contribution in [3.63, 3.8) is 0 Å². The van der Waals surface area contributed by atoms with E-state index in [1.807, 2.05) is 26.0 Å². The summed E-state index contributed by atoms with van der Waals surface area (Å²) in [7, 11) is 0. The number of carboxylic acid groups (broad SMARTS) is 1. The van der Waals surface area contributed by atoms with Gasteiger partial charge in [0.15, 0.2) is 6.10 Å². The fraction of sp³-hybridized carbons (Fsp3) is 0.632. The van der Waals surface area contributed by atoms with Gasteiger partial charge in [-0.3, -0.25) is 0 Å². The van der Waals surface area contributed by atoms with Crippen molar-refractivity contribution in [3.8, 4) is 5.75 Å². The Balaban J connectivity index is 2.27. The lowest BCUT2D eigenvalue weighted by molar-refractivity contribution is -0.271. The molecule has 1 aromatic carbocycles. The molecule has 1 fully saturated rings. The molecule has 5 N–H and O–H groups in total. The van der Waals surface area contributed by atoms with Crippen molar-refractivity contribution in [1.29, 1.82) is 0 Å². The van der Waals surface area contributed by atoms with Crippen molar-refractivity contribution >= 4 is 11.7 Å². The van der Waals surface area contributed by atoms with Gasteiger partial charge in [-0.15, -0.1) is 0 Å². The van der Waals surface area contributed by atoms with Crippen LogP contribution in [0.3, 0.4) is 0 Å². The van der Waals surface area contributed by atoms with Crippen LogP contribution in [0.25, 0.3) is 0 Å². The van der Waals surface area contributed by atoms with Crippen molar-refractivity contribution in [1.82, 2.24) is 0 Å². The van der Waals surface area contributed by atoms with Gasteiger partial charge in [0, 0.05) is 6.04 Å². The quantitative estimate of drug-likeness (QED) is 0.471. The highest BCUT2D eigenvalue weighted by atomic mass is 16.7. The van der Waals surface area contributed by atoms with E-state index in [4.69, 9.17) is 14.6 Å². The van der Waals surface area contributed by atoms with E-state index in [1.54, 1.807) is 6.07 Å². The third kappa shape index (κ3) is 5.32. The lowest BCUT2D eigenvalue weighted by Gasteiger charge is -2.38. The molecule has 0 bridgehead atoms. The van der Waals surface area contributed by atoms with Crippen molar-refractivity contribution in [2.75, 3.05) is 5.32 Å². The Morgan fingerprint density at radius 3 is 2.37 bits per heavy atom. The van der Waals surface area contributed by atoms with Gasteiger partial charge >= 0.3 is 5.97 Å². The molecule has 1 saturated heterocycles. The van der Waals surface area contributed by atoms with Gasteiger partial charge in [0.25, 0.3) is 0 Å². The molecule has 1 aliphatic rings. The van der Waals surface area contributed by atoms with Crippen LogP contribution in [-0.2, 0) is 16.0 Å². The van der Waals surface area contributed by atoms with E-state index in [2.05, 4.69) is 19.2 Å². The Morgan fingerprint density at radius 1 is 1.15 bits per heavy atom. The van der Waals surface area contributed by atoms with Crippen LogP contribution in [0, 0.1) is 5.92 Å². The Hall–Kier alpha value is -1.87. The molecule has 8 heteroatoms. The van der Waals surface area contributed by atoms with E-state index in [0.717, 1.165) is 12.0 Å². The maximum atomic E-state index is 11.2. The van der Waals surface area contributed by atoms with Crippen molar-refractivity contribution < 1.29 is 34.7 Å². The van der Waals surface area contributed by atoms with E-state index in [9.17, 15) is 20.1 Å². The first-order valence-electron chi connectivity index (χ1n) is 9.08. The van der Waals surface area contributed by atoms with Crippen LogP contribution in [0.4, 0.5) is 5.69 Å². The molecule has 152 valence electrons. The monoisotopic (exact) mass is 383 g/mol. The molecule has 0 aliphatic carbocycles. The molecule has 5 atom stereocenters. The highest BCUT2D eigenvalue weighted by molar-refractivity contribution is 5.73. The fourth-order valence-corrected chi connectivity index (χ4v) is 2.98. The lowest BCUT2D eigenvalue weighted by Crippen LogP contribution is -2.61. The number of hydrogen-bond acceptors (Lipinski definition) is 7. The van der Waals surface area contributed by atoms with Crippen LogP contribution in [0.2, 0.25) is 0 Å². The van der Waals surface area contributed by atoms with Gasteiger partial charge in [-0.1, -0.05) is 19.9 Å². The first kappa shape index (κ1) is 21.4. The summed E-state index contributed by atoms with van der Waals surface area (Å²) in [4.78, 5) is 11.2. The molecule has 0 amide bonds. The van der Waals surface area contributed by atoms with Gasteiger partial charge in [-0.25, -0.2) is 4.79 Å². The van der Waals surface area contributed by atoms with Gasteiger partial charge < -0.3 is 35.2 Å². The normalized spacial score (nSPS) is 28.4. The zero-order chi connectivity index (χ0) is 20.3. The summed E-state index contributed by atoms with van der Waals surface area (Å²) in [5, 5.41) is 42.2. The number of anilines is 1. The molecule has 0 aromatic heterocycles. The first-order chi connectivity index (χ1) is 12.6. The summed E-state index contributed by atoms with van der Waals surface area (Å²) in [6, 6.07) is 5.64. The Kier molecular flexibility index (Phi) is 7.05. The zero-order valence-electron chi connectivity index (χ0n) is 16.0. The molecule has 27 heavy (non-hydrogen) atoms. The number of carboxylic acids is 1.